The van der Waals surface area contributed by atoms with Gasteiger partial charge in [0.15, 0.2) is 5.71 Å². The smallest absolute Gasteiger partial charge is 0.273 e. The molecule has 2 aromatic carbocycles. The van der Waals surface area contributed by atoms with Crippen molar-refractivity contribution >= 4 is 11.6 Å². The van der Waals surface area contributed by atoms with Crippen molar-refractivity contribution in [1.29, 1.82) is 0 Å². The molecule has 0 spiro atoms. The largest absolute Gasteiger partial charge is 0.489 e. The molecule has 1 amide bonds. The first-order valence-corrected chi connectivity index (χ1v) is 8.39. The zero-order chi connectivity index (χ0) is 18.1. The van der Waals surface area contributed by atoms with Crippen LogP contribution in [0.25, 0.3) is 0 Å². The second-order valence-corrected chi connectivity index (χ2v) is 5.39. The predicted octanol–water partition coefficient (Wildman–Crippen LogP) is 3.31. The normalized spacial score (nSPS) is 11.1. The summed E-state index contributed by atoms with van der Waals surface area (Å²) in [6.07, 6.45) is 0.896. The number of carbonyl (C=O) groups excluding carboxylic acids is 1. The van der Waals surface area contributed by atoms with Gasteiger partial charge >= 0.3 is 0 Å². The third kappa shape index (κ3) is 4.83. The summed E-state index contributed by atoms with van der Waals surface area (Å²) in [4.78, 5) is 17.2. The van der Waals surface area contributed by atoms with Crippen LogP contribution < -0.4 is 10.1 Å². The Labute approximate surface area is 148 Å². The maximum Gasteiger partial charge on any atom is 0.273 e. The Morgan fingerprint density at radius 3 is 2.40 bits per heavy atom. The van der Waals surface area contributed by atoms with Crippen molar-refractivity contribution in [2.24, 2.45) is 5.16 Å². The zero-order valence-corrected chi connectivity index (χ0v) is 14.9. The molecule has 0 atom stereocenters. The minimum Gasteiger partial charge on any atom is -0.489 e. The van der Waals surface area contributed by atoms with Crippen LogP contribution in [0.2, 0.25) is 0 Å². The molecule has 5 nitrogen and oxygen atoms in total. The lowest BCUT2D eigenvalue weighted by Crippen LogP contribution is -2.32. The first-order valence-electron chi connectivity index (χ1n) is 8.39. The van der Waals surface area contributed by atoms with E-state index in [1.54, 1.807) is 0 Å². The van der Waals surface area contributed by atoms with Gasteiger partial charge in [-0.05, 0) is 30.5 Å². The Morgan fingerprint density at radius 1 is 1.04 bits per heavy atom. The third-order valence-electron chi connectivity index (χ3n) is 3.74. The molecule has 0 fully saturated rings. The monoisotopic (exact) mass is 340 g/mol. The zero-order valence-electron chi connectivity index (χ0n) is 14.9. The summed E-state index contributed by atoms with van der Waals surface area (Å²) < 4.78 is 6.00. The van der Waals surface area contributed by atoms with Gasteiger partial charge < -0.3 is 14.9 Å². The Hall–Kier alpha value is -2.82. The number of hydrogen-bond donors (Lipinski definition) is 1. The van der Waals surface area contributed by atoms with E-state index >= 15 is 0 Å². The molecule has 0 aromatic heterocycles. The molecular formula is C20H24N2O3. The summed E-state index contributed by atoms with van der Waals surface area (Å²) in [5, 5.41) is 6.67. The average molecular weight is 340 g/mol. The van der Waals surface area contributed by atoms with E-state index in [0.29, 0.717) is 18.7 Å². The minimum absolute atomic E-state index is 0.243. The van der Waals surface area contributed by atoms with E-state index in [9.17, 15) is 4.79 Å². The quantitative estimate of drug-likeness (QED) is 0.592. The Kier molecular flexibility index (Phi) is 7.01. The van der Waals surface area contributed by atoms with Gasteiger partial charge in [0.1, 0.15) is 19.5 Å². The molecule has 2 aromatic rings. The summed E-state index contributed by atoms with van der Waals surface area (Å²) in [7, 11) is 1.43. The SMILES string of the molecule is CCNC(=O)/C(=N\OC)c1ccccc1COc1ccccc1CC. The van der Waals surface area contributed by atoms with Gasteiger partial charge in [-0.1, -0.05) is 54.5 Å². The number of likely N-dealkylation sites (N-methyl/N-ethyl adjacent to an activating group) is 1. The summed E-state index contributed by atoms with van der Waals surface area (Å²) in [6.45, 7) is 4.81. The van der Waals surface area contributed by atoms with Gasteiger partial charge in [-0.15, -0.1) is 0 Å². The number of rotatable bonds is 8. The van der Waals surface area contributed by atoms with E-state index in [0.717, 1.165) is 23.3 Å². The number of hydrogen-bond acceptors (Lipinski definition) is 4. The van der Waals surface area contributed by atoms with E-state index in [1.165, 1.54) is 7.11 Å². The Bertz CT molecular complexity index is 741. The fraction of sp³-hybridized carbons (Fsp3) is 0.300. The average Bonchev–Trinajstić information content (AvgIpc) is 2.65. The van der Waals surface area contributed by atoms with Gasteiger partial charge in [-0.25, -0.2) is 0 Å². The summed E-state index contributed by atoms with van der Waals surface area (Å²) in [5.74, 6) is 0.578. The van der Waals surface area contributed by atoms with Crippen molar-refractivity contribution in [2.45, 2.75) is 26.9 Å². The molecule has 5 heteroatoms. The first kappa shape index (κ1) is 18.5. The van der Waals surface area contributed by atoms with Crippen molar-refractivity contribution in [3.05, 3.63) is 65.2 Å². The van der Waals surface area contributed by atoms with Crippen molar-refractivity contribution in [3.8, 4) is 5.75 Å². The van der Waals surface area contributed by atoms with Gasteiger partial charge in [0.25, 0.3) is 5.91 Å². The highest BCUT2D eigenvalue weighted by molar-refractivity contribution is 6.45. The first-order chi connectivity index (χ1) is 12.2. The molecule has 0 aliphatic rings. The van der Waals surface area contributed by atoms with Crippen LogP contribution in [0.1, 0.15) is 30.5 Å². The number of carbonyl (C=O) groups is 1. The molecular weight excluding hydrogens is 316 g/mol. The number of nitrogens with one attached hydrogen (secondary N) is 1. The maximum atomic E-state index is 12.3. The molecule has 0 aliphatic heterocycles. The van der Waals surface area contributed by atoms with Crippen LogP contribution in [0.4, 0.5) is 0 Å². The minimum atomic E-state index is -0.272. The number of oxime groups is 1. The van der Waals surface area contributed by atoms with Crippen LogP contribution in [-0.2, 0) is 22.7 Å². The topological polar surface area (TPSA) is 59.9 Å². The van der Waals surface area contributed by atoms with Crippen molar-refractivity contribution in [2.75, 3.05) is 13.7 Å². The second-order valence-electron chi connectivity index (χ2n) is 5.39. The number of ether oxygens (including phenoxy) is 1. The number of aryl methyl sites for hydroxylation is 1. The lowest BCUT2D eigenvalue weighted by molar-refractivity contribution is -0.114. The number of benzene rings is 2. The summed E-state index contributed by atoms with van der Waals surface area (Å²) in [6, 6.07) is 15.5. The molecule has 0 bridgehead atoms. The van der Waals surface area contributed by atoms with E-state index in [4.69, 9.17) is 9.57 Å². The lowest BCUT2D eigenvalue weighted by atomic mass is 10.0. The van der Waals surface area contributed by atoms with Crippen LogP contribution in [0.5, 0.6) is 5.75 Å². The molecule has 0 saturated heterocycles. The molecule has 0 saturated carbocycles. The van der Waals surface area contributed by atoms with Gasteiger partial charge in [-0.3, -0.25) is 4.79 Å². The van der Waals surface area contributed by atoms with Gasteiger partial charge in [0.05, 0.1) is 0 Å². The number of amides is 1. The summed E-state index contributed by atoms with van der Waals surface area (Å²) >= 11 is 0. The van der Waals surface area contributed by atoms with E-state index in [-0.39, 0.29) is 11.6 Å². The number of nitrogens with zero attached hydrogens (tertiary/aromatic N) is 1. The molecule has 2 rings (SSSR count). The Balaban J connectivity index is 2.28. The van der Waals surface area contributed by atoms with Crippen molar-refractivity contribution in [1.82, 2.24) is 5.32 Å². The predicted molar refractivity (Wildman–Crippen MR) is 98.8 cm³/mol. The molecule has 132 valence electrons. The van der Waals surface area contributed by atoms with Crippen molar-refractivity contribution in [3.63, 3.8) is 0 Å². The summed E-state index contributed by atoms with van der Waals surface area (Å²) in [5.41, 5.74) is 2.96. The fourth-order valence-corrected chi connectivity index (χ4v) is 2.52. The van der Waals surface area contributed by atoms with Gasteiger partial charge in [0.2, 0.25) is 0 Å². The molecule has 0 heterocycles. The lowest BCUT2D eigenvalue weighted by Gasteiger charge is -2.14. The Morgan fingerprint density at radius 2 is 1.72 bits per heavy atom. The third-order valence-corrected chi connectivity index (χ3v) is 3.74. The van der Waals surface area contributed by atoms with Crippen LogP contribution in [0.3, 0.4) is 0 Å². The second kappa shape index (κ2) is 9.47. The van der Waals surface area contributed by atoms with Gasteiger partial charge in [0, 0.05) is 12.1 Å². The van der Waals surface area contributed by atoms with Crippen LogP contribution >= 0.6 is 0 Å². The standard InChI is InChI=1S/C20H24N2O3/c1-4-15-10-7-9-13-18(15)25-14-16-11-6-8-12-17(16)19(22-24-3)20(23)21-5-2/h6-13H,4-5,14H2,1-3H3,(H,21,23)/b22-19-. The highest BCUT2D eigenvalue weighted by atomic mass is 16.6. The molecule has 25 heavy (non-hydrogen) atoms. The highest BCUT2D eigenvalue weighted by Crippen LogP contribution is 2.21. The van der Waals surface area contributed by atoms with Crippen LogP contribution in [0.15, 0.2) is 53.7 Å². The molecule has 1 N–H and O–H groups in total. The molecule has 0 unspecified atom stereocenters. The molecule has 0 radical (unpaired) electrons. The van der Waals surface area contributed by atoms with Crippen LogP contribution in [0, 0.1) is 0 Å². The van der Waals surface area contributed by atoms with E-state index in [1.807, 2.05) is 55.5 Å². The fourth-order valence-electron chi connectivity index (χ4n) is 2.52. The molecule has 0 aliphatic carbocycles. The highest BCUT2D eigenvalue weighted by Gasteiger charge is 2.18. The van der Waals surface area contributed by atoms with Crippen LogP contribution in [-0.4, -0.2) is 25.3 Å². The number of para-hydroxylation sites is 1. The van der Waals surface area contributed by atoms with E-state index in [2.05, 4.69) is 17.4 Å². The maximum absolute atomic E-state index is 12.3. The van der Waals surface area contributed by atoms with Gasteiger partial charge in [-0.2, -0.15) is 0 Å². The van der Waals surface area contributed by atoms with E-state index < -0.39 is 0 Å². The van der Waals surface area contributed by atoms with Crippen molar-refractivity contribution < 1.29 is 14.4 Å².